The second kappa shape index (κ2) is 6.39. The zero-order chi connectivity index (χ0) is 16.2. The average Bonchev–Trinajstić information content (AvgIpc) is 2.93. The SMILES string of the molecule is Cn1ccc(NC(=O)c2ccc(Cc3cccc(F)c3)cn2)n1. The topological polar surface area (TPSA) is 59.8 Å². The molecule has 1 amide bonds. The van der Waals surface area contributed by atoms with Crippen LogP contribution in [0.4, 0.5) is 10.2 Å². The van der Waals surface area contributed by atoms with Crippen molar-refractivity contribution in [2.75, 3.05) is 5.32 Å². The van der Waals surface area contributed by atoms with E-state index in [9.17, 15) is 9.18 Å². The first-order chi connectivity index (χ1) is 11.1. The van der Waals surface area contributed by atoms with Crippen molar-refractivity contribution in [3.8, 4) is 0 Å². The fraction of sp³-hybridized carbons (Fsp3) is 0.118. The third-order valence-electron chi connectivity index (χ3n) is 3.31. The zero-order valence-electron chi connectivity index (χ0n) is 12.5. The number of pyridine rings is 1. The van der Waals surface area contributed by atoms with Gasteiger partial charge in [-0.1, -0.05) is 18.2 Å². The molecule has 2 aromatic heterocycles. The van der Waals surface area contributed by atoms with Crippen molar-refractivity contribution in [3.05, 3.63) is 77.5 Å². The highest BCUT2D eigenvalue weighted by Crippen LogP contribution is 2.11. The summed E-state index contributed by atoms with van der Waals surface area (Å²) in [6.45, 7) is 0. The van der Waals surface area contributed by atoms with E-state index in [2.05, 4.69) is 15.4 Å². The Morgan fingerprint density at radius 1 is 1.22 bits per heavy atom. The van der Waals surface area contributed by atoms with Gasteiger partial charge in [0.05, 0.1) is 0 Å². The predicted octanol–water partition coefficient (Wildman–Crippen LogP) is 2.80. The van der Waals surface area contributed by atoms with Gasteiger partial charge in [0.2, 0.25) is 0 Å². The van der Waals surface area contributed by atoms with Crippen LogP contribution in [0.2, 0.25) is 0 Å². The van der Waals surface area contributed by atoms with Crippen molar-refractivity contribution in [2.24, 2.45) is 7.05 Å². The number of aromatic nitrogens is 3. The van der Waals surface area contributed by atoms with Gasteiger partial charge in [0.1, 0.15) is 11.5 Å². The molecule has 0 aliphatic rings. The monoisotopic (exact) mass is 310 g/mol. The fourth-order valence-electron chi connectivity index (χ4n) is 2.21. The first-order valence-electron chi connectivity index (χ1n) is 7.10. The molecule has 3 rings (SSSR count). The molecule has 6 heteroatoms. The standard InChI is InChI=1S/C17H15FN4O/c1-22-8-7-16(21-22)20-17(23)15-6-5-13(11-19-15)9-12-3-2-4-14(18)10-12/h2-8,10-11H,9H2,1H3,(H,20,21,23). The van der Waals surface area contributed by atoms with Crippen LogP contribution in [0.25, 0.3) is 0 Å². The lowest BCUT2D eigenvalue weighted by Gasteiger charge is -2.04. The highest BCUT2D eigenvalue weighted by Gasteiger charge is 2.09. The number of halogens is 1. The van der Waals surface area contributed by atoms with Gasteiger partial charge in [0.15, 0.2) is 5.82 Å². The van der Waals surface area contributed by atoms with Crippen LogP contribution < -0.4 is 5.32 Å². The molecule has 0 atom stereocenters. The van der Waals surface area contributed by atoms with Gasteiger partial charge >= 0.3 is 0 Å². The van der Waals surface area contributed by atoms with Crippen molar-refractivity contribution in [2.45, 2.75) is 6.42 Å². The first-order valence-corrected chi connectivity index (χ1v) is 7.10. The molecule has 23 heavy (non-hydrogen) atoms. The molecule has 0 saturated carbocycles. The summed E-state index contributed by atoms with van der Waals surface area (Å²) in [6, 6.07) is 11.6. The summed E-state index contributed by atoms with van der Waals surface area (Å²) in [6.07, 6.45) is 3.93. The quantitative estimate of drug-likeness (QED) is 0.806. The van der Waals surface area contributed by atoms with E-state index in [-0.39, 0.29) is 11.7 Å². The smallest absolute Gasteiger partial charge is 0.275 e. The Labute approximate surface area is 132 Å². The molecule has 1 aromatic carbocycles. The van der Waals surface area contributed by atoms with Gasteiger partial charge in [0.25, 0.3) is 5.91 Å². The van der Waals surface area contributed by atoms with Crippen LogP contribution in [-0.4, -0.2) is 20.7 Å². The van der Waals surface area contributed by atoms with E-state index in [1.807, 2.05) is 12.1 Å². The van der Waals surface area contributed by atoms with Gasteiger partial charge < -0.3 is 5.32 Å². The first kappa shape index (κ1) is 14.9. The molecule has 5 nitrogen and oxygen atoms in total. The zero-order valence-corrected chi connectivity index (χ0v) is 12.5. The molecule has 116 valence electrons. The number of aryl methyl sites for hydroxylation is 1. The molecule has 0 unspecified atom stereocenters. The van der Waals surface area contributed by atoms with Crippen LogP contribution in [0.5, 0.6) is 0 Å². The average molecular weight is 310 g/mol. The molecule has 0 bridgehead atoms. The molecule has 3 aromatic rings. The maximum absolute atomic E-state index is 13.2. The van der Waals surface area contributed by atoms with Crippen molar-refractivity contribution in [3.63, 3.8) is 0 Å². The Morgan fingerprint density at radius 3 is 2.74 bits per heavy atom. The number of nitrogens with zero attached hydrogens (tertiary/aromatic N) is 3. The van der Waals surface area contributed by atoms with Crippen molar-refractivity contribution >= 4 is 11.7 Å². The van der Waals surface area contributed by atoms with Gasteiger partial charge in [-0.2, -0.15) is 5.10 Å². The summed E-state index contributed by atoms with van der Waals surface area (Å²) in [7, 11) is 1.77. The van der Waals surface area contributed by atoms with Crippen molar-refractivity contribution < 1.29 is 9.18 Å². The molecule has 0 saturated heterocycles. The Hall–Kier alpha value is -3.02. The predicted molar refractivity (Wildman–Crippen MR) is 84.6 cm³/mol. The molecule has 1 N–H and O–H groups in total. The Bertz CT molecular complexity index is 827. The number of amides is 1. The van der Waals surface area contributed by atoms with Crippen molar-refractivity contribution in [1.29, 1.82) is 0 Å². The summed E-state index contributed by atoms with van der Waals surface area (Å²) in [5.41, 5.74) is 2.07. The molecule has 0 aliphatic heterocycles. The van der Waals surface area contributed by atoms with Crippen LogP contribution in [-0.2, 0) is 13.5 Å². The minimum Gasteiger partial charge on any atom is -0.304 e. The summed E-state index contributed by atoms with van der Waals surface area (Å²) >= 11 is 0. The maximum atomic E-state index is 13.2. The Morgan fingerprint density at radius 2 is 2.09 bits per heavy atom. The van der Waals surface area contributed by atoms with Crippen LogP contribution in [0, 0.1) is 5.82 Å². The van der Waals surface area contributed by atoms with E-state index in [0.29, 0.717) is 17.9 Å². The van der Waals surface area contributed by atoms with E-state index >= 15 is 0 Å². The van der Waals surface area contributed by atoms with Crippen LogP contribution in [0.1, 0.15) is 21.6 Å². The molecular formula is C17H15FN4O. The normalized spacial score (nSPS) is 10.5. The maximum Gasteiger partial charge on any atom is 0.275 e. The van der Waals surface area contributed by atoms with E-state index < -0.39 is 0 Å². The number of benzene rings is 1. The fourth-order valence-corrected chi connectivity index (χ4v) is 2.21. The lowest BCUT2D eigenvalue weighted by Crippen LogP contribution is -2.14. The molecule has 0 fully saturated rings. The van der Waals surface area contributed by atoms with Crippen LogP contribution in [0.3, 0.4) is 0 Å². The highest BCUT2D eigenvalue weighted by molar-refractivity contribution is 6.02. The van der Waals surface area contributed by atoms with Crippen LogP contribution in [0.15, 0.2) is 54.9 Å². The highest BCUT2D eigenvalue weighted by atomic mass is 19.1. The number of carbonyl (C=O) groups excluding carboxylic acids is 1. The number of nitrogens with one attached hydrogen (secondary N) is 1. The van der Waals surface area contributed by atoms with Crippen LogP contribution >= 0.6 is 0 Å². The molecule has 0 spiro atoms. The van der Waals surface area contributed by atoms with Gasteiger partial charge in [0, 0.05) is 25.5 Å². The second-order valence-electron chi connectivity index (χ2n) is 5.19. The number of carbonyl (C=O) groups is 1. The summed E-state index contributed by atoms with van der Waals surface area (Å²) < 4.78 is 14.8. The third-order valence-corrected chi connectivity index (χ3v) is 3.31. The largest absolute Gasteiger partial charge is 0.304 e. The second-order valence-corrected chi connectivity index (χ2v) is 5.19. The number of rotatable bonds is 4. The minimum absolute atomic E-state index is 0.262. The summed E-state index contributed by atoms with van der Waals surface area (Å²) in [5.74, 6) is -0.106. The summed E-state index contributed by atoms with van der Waals surface area (Å²) in [4.78, 5) is 16.2. The molecular weight excluding hydrogens is 295 g/mol. The van der Waals surface area contributed by atoms with E-state index in [4.69, 9.17) is 0 Å². The number of anilines is 1. The number of hydrogen-bond acceptors (Lipinski definition) is 3. The minimum atomic E-state index is -0.319. The lowest BCUT2D eigenvalue weighted by atomic mass is 10.1. The molecule has 2 heterocycles. The van der Waals surface area contributed by atoms with E-state index in [0.717, 1.165) is 11.1 Å². The molecule has 0 radical (unpaired) electrons. The Kier molecular flexibility index (Phi) is 4.14. The molecule has 0 aliphatic carbocycles. The van der Waals surface area contributed by atoms with Gasteiger partial charge in [-0.05, 0) is 35.7 Å². The van der Waals surface area contributed by atoms with Gasteiger partial charge in [-0.3, -0.25) is 14.5 Å². The Balaban J connectivity index is 1.68. The summed E-state index contributed by atoms with van der Waals surface area (Å²) in [5, 5.41) is 6.75. The van der Waals surface area contributed by atoms with E-state index in [1.165, 1.54) is 12.1 Å². The lowest BCUT2D eigenvalue weighted by molar-refractivity contribution is 0.102. The van der Waals surface area contributed by atoms with Crippen molar-refractivity contribution in [1.82, 2.24) is 14.8 Å². The number of hydrogen-bond donors (Lipinski definition) is 1. The van der Waals surface area contributed by atoms with Gasteiger partial charge in [-0.15, -0.1) is 0 Å². The third kappa shape index (κ3) is 3.79. The van der Waals surface area contributed by atoms with E-state index in [1.54, 1.807) is 42.3 Å². The van der Waals surface area contributed by atoms with Gasteiger partial charge in [-0.25, -0.2) is 4.39 Å².